The van der Waals surface area contributed by atoms with Crippen LogP contribution in [-0.2, 0) is 14.6 Å². The van der Waals surface area contributed by atoms with Crippen LogP contribution in [-0.4, -0.2) is 32.7 Å². The number of aryl methyl sites for hydroxylation is 1. The molecule has 2 aromatic carbocycles. The van der Waals surface area contributed by atoms with E-state index < -0.39 is 20.4 Å². The van der Waals surface area contributed by atoms with Crippen molar-refractivity contribution in [2.45, 2.75) is 22.8 Å². The lowest BCUT2D eigenvalue weighted by Gasteiger charge is -2.10. The van der Waals surface area contributed by atoms with Gasteiger partial charge in [0.05, 0.1) is 16.4 Å². The number of epoxide rings is 1. The highest BCUT2D eigenvalue weighted by atomic mass is 32.2. The molecule has 0 amide bonds. The van der Waals surface area contributed by atoms with Gasteiger partial charge in [-0.25, -0.2) is 8.42 Å². The molecule has 1 aliphatic rings. The van der Waals surface area contributed by atoms with Crippen molar-refractivity contribution in [1.82, 2.24) is 0 Å². The maximum atomic E-state index is 12.8. The van der Waals surface area contributed by atoms with Crippen LogP contribution in [0, 0.1) is 17.0 Å². The van der Waals surface area contributed by atoms with Crippen LogP contribution < -0.4 is 4.74 Å². The first-order valence-corrected chi connectivity index (χ1v) is 8.71. The van der Waals surface area contributed by atoms with Gasteiger partial charge in [-0.3, -0.25) is 10.1 Å². The Hall–Kier alpha value is -2.45. The average molecular weight is 349 g/mol. The monoisotopic (exact) mass is 349 g/mol. The fraction of sp³-hybridized carbons (Fsp3) is 0.250. The number of sulfone groups is 1. The molecule has 1 fully saturated rings. The summed E-state index contributed by atoms with van der Waals surface area (Å²) in [6.07, 6.45) is -0.0954. The Morgan fingerprint density at radius 3 is 2.50 bits per heavy atom. The van der Waals surface area contributed by atoms with E-state index in [-0.39, 0.29) is 28.3 Å². The lowest BCUT2D eigenvalue weighted by Crippen LogP contribution is -2.10. The first-order chi connectivity index (χ1) is 11.4. The largest absolute Gasteiger partial charge is 0.484 e. The third-order valence-electron chi connectivity index (χ3n) is 3.59. The van der Waals surface area contributed by atoms with Gasteiger partial charge in [-0.15, -0.1) is 0 Å². The molecule has 0 bridgehead atoms. The van der Waals surface area contributed by atoms with Crippen LogP contribution in [0.5, 0.6) is 5.75 Å². The minimum atomic E-state index is -4.03. The molecule has 0 spiro atoms. The number of hydrogen-bond donors (Lipinski definition) is 0. The molecule has 24 heavy (non-hydrogen) atoms. The van der Waals surface area contributed by atoms with Gasteiger partial charge in [-0.2, -0.15) is 0 Å². The molecule has 1 aliphatic heterocycles. The number of rotatable bonds is 6. The number of nitro benzene ring substituents is 1. The van der Waals surface area contributed by atoms with Gasteiger partial charge in [-0.1, -0.05) is 23.8 Å². The summed E-state index contributed by atoms with van der Waals surface area (Å²) in [6, 6.07) is 10.2. The minimum absolute atomic E-state index is 0.00104. The summed E-state index contributed by atoms with van der Waals surface area (Å²) in [4.78, 5) is 10.3. The Morgan fingerprint density at radius 1 is 1.25 bits per heavy atom. The maximum Gasteiger partial charge on any atom is 0.329 e. The van der Waals surface area contributed by atoms with Crippen molar-refractivity contribution in [3.63, 3.8) is 0 Å². The van der Waals surface area contributed by atoms with Crippen LogP contribution in [0.2, 0.25) is 0 Å². The molecule has 1 saturated heterocycles. The minimum Gasteiger partial charge on any atom is -0.484 e. The molecule has 2 aromatic rings. The van der Waals surface area contributed by atoms with Gasteiger partial charge in [0.1, 0.15) is 12.7 Å². The van der Waals surface area contributed by atoms with Gasteiger partial charge in [0.15, 0.2) is 10.6 Å². The molecule has 1 heterocycles. The molecule has 1 atom stereocenters. The second-order valence-corrected chi connectivity index (χ2v) is 7.36. The molecule has 3 rings (SSSR count). The van der Waals surface area contributed by atoms with E-state index in [0.29, 0.717) is 6.61 Å². The predicted octanol–water partition coefficient (Wildman–Crippen LogP) is 2.51. The van der Waals surface area contributed by atoms with Crippen molar-refractivity contribution in [3.05, 3.63) is 58.1 Å². The molecule has 0 saturated carbocycles. The number of hydrogen-bond acceptors (Lipinski definition) is 6. The molecular formula is C16H15NO6S. The number of ether oxygens (including phenoxy) is 2. The van der Waals surface area contributed by atoms with Crippen molar-refractivity contribution >= 4 is 15.5 Å². The molecule has 0 radical (unpaired) electrons. The Kier molecular flexibility index (Phi) is 4.25. The van der Waals surface area contributed by atoms with Crippen molar-refractivity contribution in [2.75, 3.05) is 13.2 Å². The second kappa shape index (κ2) is 6.21. The number of nitrogens with zero attached hydrogens (tertiary/aromatic N) is 1. The van der Waals surface area contributed by atoms with Crippen molar-refractivity contribution in [1.29, 1.82) is 0 Å². The van der Waals surface area contributed by atoms with Crippen molar-refractivity contribution < 1.29 is 22.8 Å². The van der Waals surface area contributed by atoms with E-state index in [1.165, 1.54) is 30.3 Å². The van der Waals surface area contributed by atoms with Crippen molar-refractivity contribution in [2.24, 2.45) is 0 Å². The molecule has 126 valence electrons. The zero-order chi connectivity index (χ0) is 17.3. The Labute approximate surface area is 138 Å². The summed E-state index contributed by atoms with van der Waals surface area (Å²) < 4.78 is 36.0. The van der Waals surface area contributed by atoms with Gasteiger partial charge in [0.2, 0.25) is 9.84 Å². The second-order valence-electron chi connectivity index (χ2n) is 5.44. The Balaban J connectivity index is 2.06. The Morgan fingerprint density at radius 2 is 1.92 bits per heavy atom. The highest BCUT2D eigenvalue weighted by Crippen LogP contribution is 2.37. The van der Waals surface area contributed by atoms with Crippen LogP contribution in [0.3, 0.4) is 0 Å². The van der Waals surface area contributed by atoms with Gasteiger partial charge in [0, 0.05) is 0 Å². The smallest absolute Gasteiger partial charge is 0.329 e. The fourth-order valence-corrected chi connectivity index (χ4v) is 3.64. The summed E-state index contributed by atoms with van der Waals surface area (Å²) >= 11 is 0. The van der Waals surface area contributed by atoms with Crippen LogP contribution >= 0.6 is 0 Å². The lowest BCUT2D eigenvalue weighted by atomic mass is 10.2. The molecule has 0 aliphatic carbocycles. The average Bonchev–Trinajstić information content (AvgIpc) is 3.37. The molecular weight excluding hydrogens is 334 g/mol. The quantitative estimate of drug-likeness (QED) is 0.451. The third kappa shape index (κ3) is 3.24. The summed E-state index contributed by atoms with van der Waals surface area (Å²) in [5.74, 6) is -0.0799. The van der Waals surface area contributed by atoms with Gasteiger partial charge in [-0.05, 0) is 31.2 Å². The molecule has 8 heteroatoms. The molecule has 1 unspecified atom stereocenters. The highest BCUT2D eigenvalue weighted by Gasteiger charge is 2.32. The zero-order valence-electron chi connectivity index (χ0n) is 12.8. The van der Waals surface area contributed by atoms with E-state index >= 15 is 0 Å². The normalized spacial score (nSPS) is 16.6. The van der Waals surface area contributed by atoms with Crippen LogP contribution in [0.25, 0.3) is 0 Å². The van der Waals surface area contributed by atoms with Gasteiger partial charge < -0.3 is 9.47 Å². The van der Waals surface area contributed by atoms with E-state index in [4.69, 9.17) is 9.47 Å². The highest BCUT2D eigenvalue weighted by molar-refractivity contribution is 7.91. The summed E-state index contributed by atoms with van der Waals surface area (Å²) in [5, 5.41) is 11.5. The first-order valence-electron chi connectivity index (χ1n) is 7.23. The molecule has 7 nitrogen and oxygen atoms in total. The van der Waals surface area contributed by atoms with E-state index in [2.05, 4.69) is 0 Å². The fourth-order valence-electron chi connectivity index (χ4n) is 2.21. The van der Waals surface area contributed by atoms with Gasteiger partial charge >= 0.3 is 5.69 Å². The molecule has 0 N–H and O–H groups in total. The Bertz CT molecular complexity index is 872. The lowest BCUT2D eigenvalue weighted by molar-refractivity contribution is -0.388. The first kappa shape index (κ1) is 16.4. The van der Waals surface area contributed by atoms with Crippen LogP contribution in [0.1, 0.15) is 5.56 Å². The van der Waals surface area contributed by atoms with E-state index in [9.17, 15) is 18.5 Å². The van der Waals surface area contributed by atoms with Crippen molar-refractivity contribution in [3.8, 4) is 5.75 Å². The summed E-state index contributed by atoms with van der Waals surface area (Å²) in [7, 11) is -4.03. The van der Waals surface area contributed by atoms with E-state index in [0.717, 1.165) is 5.56 Å². The third-order valence-corrected chi connectivity index (χ3v) is 5.39. The SMILES string of the molecule is Cc1ccc(S(=O)(=O)c2cccc(OCC3CO3)c2[N+](=O)[O-])cc1. The zero-order valence-corrected chi connectivity index (χ0v) is 13.7. The van der Waals surface area contributed by atoms with E-state index in [1.807, 2.05) is 6.92 Å². The topological polar surface area (TPSA) is 99.0 Å². The molecule has 0 aromatic heterocycles. The number of benzene rings is 2. The summed E-state index contributed by atoms with van der Waals surface area (Å²) in [5.41, 5.74) is 0.337. The maximum absolute atomic E-state index is 12.8. The van der Waals surface area contributed by atoms with Crippen LogP contribution in [0.4, 0.5) is 5.69 Å². The van der Waals surface area contributed by atoms with Gasteiger partial charge in [0.25, 0.3) is 0 Å². The standard InChI is InChI=1S/C16H15NO6S/c1-11-5-7-13(8-6-11)24(20,21)15-4-2-3-14(16(15)17(18)19)23-10-12-9-22-12/h2-8,12H,9-10H2,1H3. The predicted molar refractivity (Wildman–Crippen MR) is 85.0 cm³/mol. The number of para-hydroxylation sites is 1. The number of nitro groups is 1. The van der Waals surface area contributed by atoms with Crippen LogP contribution in [0.15, 0.2) is 52.3 Å². The summed E-state index contributed by atoms with van der Waals surface area (Å²) in [6.45, 7) is 2.51. The van der Waals surface area contributed by atoms with E-state index in [1.54, 1.807) is 12.1 Å².